The van der Waals surface area contributed by atoms with E-state index in [0.717, 1.165) is 18.0 Å². The molecule has 4 nitrogen and oxygen atoms in total. The van der Waals surface area contributed by atoms with E-state index in [1.807, 2.05) is 31.2 Å². The number of carbonyl (C=O) groups excluding carboxylic acids is 1. The van der Waals surface area contributed by atoms with E-state index in [4.69, 9.17) is 4.42 Å². The summed E-state index contributed by atoms with van der Waals surface area (Å²) in [7, 11) is 0. The third-order valence-electron chi connectivity index (χ3n) is 4.16. The summed E-state index contributed by atoms with van der Waals surface area (Å²) in [4.78, 5) is 14.4. The molecule has 1 atom stereocenters. The number of hydrogen-bond donors (Lipinski definition) is 1. The Morgan fingerprint density at radius 3 is 2.62 bits per heavy atom. The molecule has 3 rings (SSSR count). The highest BCUT2D eigenvalue weighted by molar-refractivity contribution is 5.87. The van der Waals surface area contributed by atoms with Crippen molar-refractivity contribution in [3.63, 3.8) is 0 Å². The van der Waals surface area contributed by atoms with Gasteiger partial charge in [0.25, 0.3) is 0 Å². The number of hydrogen-bond acceptors (Lipinski definition) is 3. The van der Waals surface area contributed by atoms with Gasteiger partial charge in [-0.15, -0.1) is 0 Å². The van der Waals surface area contributed by atoms with Crippen LogP contribution in [0.4, 0.5) is 5.69 Å². The van der Waals surface area contributed by atoms with Crippen molar-refractivity contribution in [3.8, 4) is 0 Å². The molecule has 3 aromatic rings. The lowest BCUT2D eigenvalue weighted by Crippen LogP contribution is -2.38. The van der Waals surface area contributed by atoms with Crippen molar-refractivity contribution < 1.29 is 9.21 Å². The van der Waals surface area contributed by atoms with Gasteiger partial charge in [0, 0.05) is 12.2 Å². The Morgan fingerprint density at radius 1 is 1.12 bits per heavy atom. The van der Waals surface area contributed by atoms with E-state index in [0.29, 0.717) is 6.54 Å². The molecule has 0 saturated carbocycles. The number of carbonyl (C=O) groups is 1. The van der Waals surface area contributed by atoms with Crippen molar-refractivity contribution in [2.24, 2.45) is 0 Å². The maximum Gasteiger partial charge on any atom is 0.240 e. The van der Waals surface area contributed by atoms with Gasteiger partial charge < -0.3 is 14.6 Å². The van der Waals surface area contributed by atoms with Crippen molar-refractivity contribution in [2.75, 3.05) is 18.0 Å². The van der Waals surface area contributed by atoms with Crippen molar-refractivity contribution >= 4 is 22.4 Å². The van der Waals surface area contributed by atoms with Gasteiger partial charge in [0.05, 0.1) is 18.8 Å². The van der Waals surface area contributed by atoms with Gasteiger partial charge in [-0.1, -0.05) is 30.3 Å². The molecule has 4 heteroatoms. The number of likely N-dealkylation sites (N-methyl/N-ethyl adjacent to an activating group) is 1. The van der Waals surface area contributed by atoms with Crippen LogP contribution in [0.2, 0.25) is 0 Å². The number of rotatable bonds is 6. The average molecular weight is 322 g/mol. The van der Waals surface area contributed by atoms with E-state index >= 15 is 0 Å². The van der Waals surface area contributed by atoms with Gasteiger partial charge >= 0.3 is 0 Å². The molecule has 0 aliphatic heterocycles. The molecule has 1 heterocycles. The molecule has 2 aromatic carbocycles. The predicted molar refractivity (Wildman–Crippen MR) is 97.1 cm³/mol. The second-order valence-corrected chi connectivity index (χ2v) is 5.85. The molecule has 24 heavy (non-hydrogen) atoms. The molecule has 124 valence electrons. The molecule has 0 radical (unpaired) electrons. The van der Waals surface area contributed by atoms with E-state index in [1.54, 1.807) is 6.26 Å². The molecule has 0 bridgehead atoms. The van der Waals surface area contributed by atoms with Gasteiger partial charge in [-0.2, -0.15) is 0 Å². The molecule has 0 aliphatic carbocycles. The molecular formula is C20H22N2O2. The quantitative estimate of drug-likeness (QED) is 0.742. The van der Waals surface area contributed by atoms with Crippen LogP contribution in [0.25, 0.3) is 10.8 Å². The third kappa shape index (κ3) is 3.59. The maximum absolute atomic E-state index is 12.4. The van der Waals surface area contributed by atoms with Gasteiger partial charge in [0.1, 0.15) is 5.76 Å². The minimum atomic E-state index is -0.136. The van der Waals surface area contributed by atoms with Gasteiger partial charge in [0.2, 0.25) is 5.91 Å². The summed E-state index contributed by atoms with van der Waals surface area (Å²) in [5, 5.41) is 5.36. The van der Waals surface area contributed by atoms with E-state index < -0.39 is 0 Å². The molecule has 1 aromatic heterocycles. The molecule has 1 unspecified atom stereocenters. The monoisotopic (exact) mass is 322 g/mol. The van der Waals surface area contributed by atoms with Crippen molar-refractivity contribution in [1.29, 1.82) is 0 Å². The first kappa shape index (κ1) is 16.1. The molecule has 0 aliphatic rings. The SMILES string of the molecule is CCN(CC(=O)NC(C)c1ccco1)c1ccc2ccccc2c1. The Labute approximate surface area is 142 Å². The van der Waals surface area contributed by atoms with Crippen molar-refractivity contribution in [1.82, 2.24) is 5.32 Å². The highest BCUT2D eigenvalue weighted by Crippen LogP contribution is 2.22. The second kappa shape index (κ2) is 7.21. The van der Waals surface area contributed by atoms with Gasteiger partial charge in [-0.3, -0.25) is 4.79 Å². The van der Waals surface area contributed by atoms with Crippen LogP contribution in [-0.2, 0) is 4.79 Å². The fourth-order valence-corrected chi connectivity index (χ4v) is 2.83. The third-order valence-corrected chi connectivity index (χ3v) is 4.16. The van der Waals surface area contributed by atoms with E-state index in [9.17, 15) is 4.79 Å². The summed E-state index contributed by atoms with van der Waals surface area (Å²) in [5.74, 6) is 0.742. The fourth-order valence-electron chi connectivity index (χ4n) is 2.83. The first-order chi connectivity index (χ1) is 11.7. The minimum Gasteiger partial charge on any atom is -0.467 e. The number of anilines is 1. The Kier molecular flexibility index (Phi) is 4.85. The second-order valence-electron chi connectivity index (χ2n) is 5.85. The standard InChI is InChI=1S/C20H22N2O2/c1-3-22(14-20(23)21-15(2)19-9-6-12-24-19)18-11-10-16-7-4-5-8-17(16)13-18/h4-13,15H,3,14H2,1-2H3,(H,21,23). The number of furan rings is 1. The van der Waals surface area contributed by atoms with E-state index in [1.165, 1.54) is 10.8 Å². The lowest BCUT2D eigenvalue weighted by atomic mass is 10.1. The lowest BCUT2D eigenvalue weighted by Gasteiger charge is -2.24. The Hall–Kier alpha value is -2.75. The summed E-state index contributed by atoms with van der Waals surface area (Å²) >= 11 is 0. The summed E-state index contributed by atoms with van der Waals surface area (Å²) in [6, 6.07) is 18.1. The average Bonchev–Trinajstić information content (AvgIpc) is 3.14. The molecular weight excluding hydrogens is 300 g/mol. The van der Waals surface area contributed by atoms with Crippen LogP contribution in [0.5, 0.6) is 0 Å². The predicted octanol–water partition coefficient (Wildman–Crippen LogP) is 4.14. The lowest BCUT2D eigenvalue weighted by molar-refractivity contribution is -0.120. The first-order valence-electron chi connectivity index (χ1n) is 8.24. The van der Waals surface area contributed by atoms with Crippen molar-refractivity contribution in [2.45, 2.75) is 19.9 Å². The highest BCUT2D eigenvalue weighted by Gasteiger charge is 2.15. The fraction of sp³-hybridized carbons (Fsp3) is 0.250. The zero-order valence-corrected chi connectivity index (χ0v) is 14.0. The van der Waals surface area contributed by atoms with Crippen LogP contribution < -0.4 is 10.2 Å². The smallest absolute Gasteiger partial charge is 0.240 e. The summed E-state index contributed by atoms with van der Waals surface area (Å²) < 4.78 is 5.33. The molecule has 1 N–H and O–H groups in total. The van der Waals surface area contributed by atoms with Gasteiger partial charge in [0.15, 0.2) is 0 Å². The van der Waals surface area contributed by atoms with E-state index in [2.05, 4.69) is 47.5 Å². The summed E-state index contributed by atoms with van der Waals surface area (Å²) in [5.41, 5.74) is 1.05. The normalized spacial score (nSPS) is 12.1. The van der Waals surface area contributed by atoms with Crippen LogP contribution in [0.15, 0.2) is 65.3 Å². The molecule has 0 spiro atoms. The molecule has 0 fully saturated rings. The number of amides is 1. The van der Waals surface area contributed by atoms with Crippen molar-refractivity contribution in [3.05, 3.63) is 66.6 Å². The minimum absolute atomic E-state index is 0.0195. The van der Waals surface area contributed by atoms with Crippen LogP contribution in [0.1, 0.15) is 25.6 Å². The van der Waals surface area contributed by atoms with Crippen LogP contribution in [0, 0.1) is 0 Å². The summed E-state index contributed by atoms with van der Waals surface area (Å²) in [6.45, 7) is 5.06. The first-order valence-corrected chi connectivity index (χ1v) is 8.24. The van der Waals surface area contributed by atoms with Crippen LogP contribution in [0.3, 0.4) is 0 Å². The largest absolute Gasteiger partial charge is 0.467 e. The topological polar surface area (TPSA) is 45.5 Å². The Morgan fingerprint density at radius 2 is 1.92 bits per heavy atom. The number of fused-ring (bicyclic) bond motifs is 1. The zero-order chi connectivity index (χ0) is 16.9. The molecule has 1 amide bonds. The number of benzene rings is 2. The zero-order valence-electron chi connectivity index (χ0n) is 14.0. The number of nitrogens with one attached hydrogen (secondary N) is 1. The van der Waals surface area contributed by atoms with Crippen LogP contribution in [-0.4, -0.2) is 19.0 Å². The number of nitrogens with zero attached hydrogens (tertiary/aromatic N) is 1. The maximum atomic E-state index is 12.4. The highest BCUT2D eigenvalue weighted by atomic mass is 16.3. The van der Waals surface area contributed by atoms with Gasteiger partial charge in [-0.05, 0) is 48.9 Å². The van der Waals surface area contributed by atoms with Crippen LogP contribution >= 0.6 is 0 Å². The Balaban J connectivity index is 1.69. The van der Waals surface area contributed by atoms with Gasteiger partial charge in [-0.25, -0.2) is 0 Å². The van der Waals surface area contributed by atoms with E-state index in [-0.39, 0.29) is 11.9 Å². The Bertz CT molecular complexity index is 811. The molecule has 0 saturated heterocycles. The summed E-state index contributed by atoms with van der Waals surface area (Å²) in [6.07, 6.45) is 1.62.